The number of anilines is 3. The Morgan fingerprint density at radius 3 is 1.73 bits per heavy atom. The fourth-order valence-electron chi connectivity index (χ4n) is 8.45. The van der Waals surface area contributed by atoms with E-state index < -0.39 is 0 Å². The van der Waals surface area contributed by atoms with E-state index in [9.17, 15) is 0 Å². The van der Waals surface area contributed by atoms with Crippen LogP contribution in [-0.4, -0.2) is 0 Å². The van der Waals surface area contributed by atoms with Gasteiger partial charge in [-0.3, -0.25) is 0 Å². The molecule has 1 nitrogen and oxygen atoms in total. The van der Waals surface area contributed by atoms with Crippen molar-refractivity contribution in [3.05, 3.63) is 198 Å². The van der Waals surface area contributed by atoms with Crippen LogP contribution >= 0.6 is 0 Å². The third-order valence-corrected chi connectivity index (χ3v) is 11.0. The zero-order valence-corrected chi connectivity index (χ0v) is 27.6. The van der Waals surface area contributed by atoms with Gasteiger partial charge in [0.25, 0.3) is 0 Å². The van der Waals surface area contributed by atoms with Crippen molar-refractivity contribution < 1.29 is 0 Å². The highest BCUT2D eigenvalue weighted by molar-refractivity contribution is 5.95. The first-order valence-electron chi connectivity index (χ1n) is 17.0. The first kappa shape index (κ1) is 28.6. The van der Waals surface area contributed by atoms with Gasteiger partial charge in [-0.1, -0.05) is 153 Å². The predicted octanol–water partition coefficient (Wildman–Crippen LogP) is 12.5. The molecule has 1 aliphatic carbocycles. The van der Waals surface area contributed by atoms with Crippen LogP contribution in [0.25, 0.3) is 33.4 Å². The first-order valence-corrected chi connectivity index (χ1v) is 17.0. The van der Waals surface area contributed by atoms with E-state index in [-0.39, 0.29) is 10.8 Å². The largest absolute Gasteiger partial charge is 0.310 e. The highest BCUT2D eigenvalue weighted by Gasteiger charge is 2.42. The van der Waals surface area contributed by atoms with Crippen LogP contribution < -0.4 is 4.90 Å². The molecule has 2 aliphatic rings. The summed E-state index contributed by atoms with van der Waals surface area (Å²) in [6.45, 7) is 7.15. The number of nitrogens with zero attached hydrogens (tertiary/aromatic N) is 1. The van der Waals surface area contributed by atoms with Gasteiger partial charge in [-0.15, -0.1) is 0 Å². The maximum atomic E-state index is 2.47. The van der Waals surface area contributed by atoms with Gasteiger partial charge in [0.2, 0.25) is 0 Å². The summed E-state index contributed by atoms with van der Waals surface area (Å²) >= 11 is 0. The highest BCUT2D eigenvalue weighted by Crippen LogP contribution is 2.57. The molecule has 7 aromatic rings. The normalized spacial score (nSPS) is 16.9. The molecule has 1 heterocycles. The van der Waals surface area contributed by atoms with E-state index in [1.165, 1.54) is 78.3 Å². The van der Waals surface area contributed by atoms with Crippen molar-refractivity contribution in [2.75, 3.05) is 4.90 Å². The Morgan fingerprint density at radius 1 is 0.396 bits per heavy atom. The average molecular weight is 616 g/mol. The maximum absolute atomic E-state index is 2.47. The summed E-state index contributed by atoms with van der Waals surface area (Å²) in [6, 6.07) is 62.6. The van der Waals surface area contributed by atoms with Crippen LogP contribution in [0, 0.1) is 0 Å². The number of para-hydroxylation sites is 1. The molecule has 1 aliphatic heterocycles. The van der Waals surface area contributed by atoms with E-state index in [0.29, 0.717) is 0 Å². The van der Waals surface area contributed by atoms with E-state index in [2.05, 4.69) is 196 Å². The molecule has 0 amide bonds. The molecule has 0 bridgehead atoms. The summed E-state index contributed by atoms with van der Waals surface area (Å²) in [7, 11) is 0. The molecule has 0 aromatic heterocycles. The minimum atomic E-state index is -0.224. The van der Waals surface area contributed by atoms with E-state index in [1.807, 2.05) is 0 Å². The SMILES string of the molecule is CC1(C)c2ccccc2N(c2ccc(-c3ccccc3)cc2)c2ccc(-c3cccc4c3-c3ccccc3C4(C)c3ccccc3)cc21. The maximum Gasteiger partial charge on any atom is 0.0503 e. The number of hydrogen-bond acceptors (Lipinski definition) is 1. The van der Waals surface area contributed by atoms with Crippen LogP contribution in [0.15, 0.2) is 170 Å². The molecule has 230 valence electrons. The van der Waals surface area contributed by atoms with Gasteiger partial charge in [0, 0.05) is 16.5 Å². The van der Waals surface area contributed by atoms with Crippen molar-refractivity contribution in [3.63, 3.8) is 0 Å². The van der Waals surface area contributed by atoms with Crippen molar-refractivity contribution in [1.29, 1.82) is 0 Å². The second-order valence-corrected chi connectivity index (χ2v) is 13.9. The molecule has 1 atom stereocenters. The Balaban J connectivity index is 1.22. The lowest BCUT2D eigenvalue weighted by atomic mass is 9.72. The van der Waals surface area contributed by atoms with Gasteiger partial charge in [-0.2, -0.15) is 0 Å². The van der Waals surface area contributed by atoms with E-state index in [1.54, 1.807) is 0 Å². The average Bonchev–Trinajstić information content (AvgIpc) is 3.42. The van der Waals surface area contributed by atoms with Gasteiger partial charge in [0.1, 0.15) is 0 Å². The second kappa shape index (κ2) is 10.7. The van der Waals surface area contributed by atoms with Crippen molar-refractivity contribution in [2.24, 2.45) is 0 Å². The molecule has 0 saturated heterocycles. The van der Waals surface area contributed by atoms with E-state index >= 15 is 0 Å². The summed E-state index contributed by atoms with van der Waals surface area (Å²) in [5.74, 6) is 0. The molecule has 0 saturated carbocycles. The lowest BCUT2D eigenvalue weighted by Gasteiger charge is -2.42. The zero-order chi connectivity index (χ0) is 32.5. The fourth-order valence-corrected chi connectivity index (χ4v) is 8.45. The van der Waals surface area contributed by atoms with Crippen LogP contribution in [0.2, 0.25) is 0 Å². The van der Waals surface area contributed by atoms with Crippen molar-refractivity contribution in [2.45, 2.75) is 31.6 Å². The van der Waals surface area contributed by atoms with Crippen LogP contribution in [0.3, 0.4) is 0 Å². The Bertz CT molecular complexity index is 2310. The number of hydrogen-bond donors (Lipinski definition) is 0. The molecule has 0 fully saturated rings. The third-order valence-electron chi connectivity index (χ3n) is 11.0. The Labute approximate surface area is 283 Å². The summed E-state index contributed by atoms with van der Waals surface area (Å²) in [6.07, 6.45) is 0. The van der Waals surface area contributed by atoms with E-state index in [0.717, 1.165) is 0 Å². The highest BCUT2D eigenvalue weighted by atomic mass is 15.2. The molecule has 0 N–H and O–H groups in total. The number of benzene rings is 7. The summed E-state index contributed by atoms with van der Waals surface area (Å²) in [5, 5.41) is 0. The summed E-state index contributed by atoms with van der Waals surface area (Å²) in [5.41, 5.74) is 17.6. The molecular formula is C47H37N. The van der Waals surface area contributed by atoms with Crippen LogP contribution in [-0.2, 0) is 10.8 Å². The first-order chi connectivity index (χ1) is 23.5. The van der Waals surface area contributed by atoms with Gasteiger partial charge < -0.3 is 4.90 Å². The Kier molecular flexibility index (Phi) is 6.36. The van der Waals surface area contributed by atoms with Crippen LogP contribution in [0.1, 0.15) is 48.6 Å². The minimum absolute atomic E-state index is 0.184. The lowest BCUT2D eigenvalue weighted by Crippen LogP contribution is -2.30. The summed E-state index contributed by atoms with van der Waals surface area (Å²) in [4.78, 5) is 2.45. The number of fused-ring (bicyclic) bond motifs is 5. The third kappa shape index (κ3) is 4.10. The molecule has 1 heteroatoms. The number of rotatable bonds is 4. The molecular weight excluding hydrogens is 579 g/mol. The lowest BCUT2D eigenvalue weighted by molar-refractivity contribution is 0.632. The second-order valence-electron chi connectivity index (χ2n) is 13.9. The standard InChI is InChI=1S/C47H37N/c1-46(2)40-22-12-13-24-43(40)48(36-28-25-33(26-29-36)32-15-6-4-7-16-32)44-30-27-34(31-42(44)46)37-20-14-23-41-45(37)38-19-10-11-21-39(38)47(41,3)35-17-8-5-9-18-35/h4-31H,1-3H3. The smallest absolute Gasteiger partial charge is 0.0503 e. The monoisotopic (exact) mass is 615 g/mol. The fraction of sp³-hybridized carbons (Fsp3) is 0.106. The van der Waals surface area contributed by atoms with Gasteiger partial charge >= 0.3 is 0 Å². The molecule has 7 aromatic carbocycles. The van der Waals surface area contributed by atoms with Crippen molar-refractivity contribution in [3.8, 4) is 33.4 Å². The van der Waals surface area contributed by atoms with Gasteiger partial charge in [-0.25, -0.2) is 0 Å². The quantitative estimate of drug-likeness (QED) is 0.190. The van der Waals surface area contributed by atoms with E-state index in [4.69, 9.17) is 0 Å². The van der Waals surface area contributed by atoms with Gasteiger partial charge in [-0.05, 0) is 98.5 Å². The zero-order valence-electron chi connectivity index (χ0n) is 27.6. The molecule has 1 unspecified atom stereocenters. The van der Waals surface area contributed by atoms with Crippen molar-refractivity contribution >= 4 is 17.1 Å². The Hall–Kier alpha value is -5.66. The Morgan fingerprint density at radius 2 is 0.958 bits per heavy atom. The minimum Gasteiger partial charge on any atom is -0.310 e. The van der Waals surface area contributed by atoms with Crippen molar-refractivity contribution in [1.82, 2.24) is 0 Å². The molecule has 48 heavy (non-hydrogen) atoms. The summed E-state index contributed by atoms with van der Waals surface area (Å²) < 4.78 is 0. The van der Waals surface area contributed by atoms with Gasteiger partial charge in [0.15, 0.2) is 0 Å². The van der Waals surface area contributed by atoms with Crippen LogP contribution in [0.5, 0.6) is 0 Å². The molecule has 0 spiro atoms. The molecule has 9 rings (SSSR count). The van der Waals surface area contributed by atoms with Crippen LogP contribution in [0.4, 0.5) is 17.1 Å². The predicted molar refractivity (Wildman–Crippen MR) is 202 cm³/mol. The topological polar surface area (TPSA) is 3.24 Å². The van der Waals surface area contributed by atoms with Gasteiger partial charge in [0.05, 0.1) is 11.4 Å². The molecule has 0 radical (unpaired) electrons.